The standard InChI is InChI=1S/C36H41N2/c1-6-10-15-26-19-22-34-29(24-26)28-16-11-12-18-33(28)38(34)27-20-21-31-30(25-27)32-17-13-14-23-37(32)36(8-3,9-4)35(31,5)7-2/h11-14,16-25H,6-10,15H2,1-5H3/q+1. The van der Waals surface area contributed by atoms with Crippen LogP contribution in [0.4, 0.5) is 0 Å². The molecule has 6 rings (SSSR count). The predicted molar refractivity (Wildman–Crippen MR) is 161 cm³/mol. The van der Waals surface area contributed by atoms with Gasteiger partial charge < -0.3 is 4.57 Å². The summed E-state index contributed by atoms with van der Waals surface area (Å²) in [5, 5.41) is 2.69. The summed E-state index contributed by atoms with van der Waals surface area (Å²) in [6, 6.07) is 30.0. The molecule has 5 aromatic rings. The second kappa shape index (κ2) is 9.42. The van der Waals surface area contributed by atoms with Crippen LogP contribution in [-0.2, 0) is 17.4 Å². The predicted octanol–water partition coefficient (Wildman–Crippen LogP) is 9.28. The molecule has 194 valence electrons. The molecule has 0 amide bonds. The fraction of sp³-hybridized carbons (Fsp3) is 0.361. The maximum absolute atomic E-state index is 2.61. The third-order valence-corrected chi connectivity index (χ3v) is 9.91. The Hall–Kier alpha value is -3.39. The molecule has 1 atom stereocenters. The number of fused-ring (bicyclic) bond motifs is 6. The number of hydrogen-bond donors (Lipinski definition) is 0. The van der Waals surface area contributed by atoms with Crippen LogP contribution < -0.4 is 4.57 Å². The van der Waals surface area contributed by atoms with Gasteiger partial charge in [0.25, 0.3) is 0 Å². The minimum Gasteiger partial charge on any atom is -0.309 e. The second-order valence-corrected chi connectivity index (χ2v) is 11.4. The van der Waals surface area contributed by atoms with Gasteiger partial charge in [-0.3, -0.25) is 0 Å². The van der Waals surface area contributed by atoms with Crippen molar-refractivity contribution in [2.24, 2.45) is 0 Å². The van der Waals surface area contributed by atoms with Crippen molar-refractivity contribution in [3.8, 4) is 16.9 Å². The lowest BCUT2D eigenvalue weighted by Crippen LogP contribution is -2.68. The second-order valence-electron chi connectivity index (χ2n) is 11.4. The minimum atomic E-state index is 0.0540. The molecule has 2 heteroatoms. The molecule has 0 saturated carbocycles. The maximum Gasteiger partial charge on any atom is 0.213 e. The molecule has 0 spiro atoms. The third-order valence-electron chi connectivity index (χ3n) is 9.91. The van der Waals surface area contributed by atoms with Crippen LogP contribution in [0.3, 0.4) is 0 Å². The van der Waals surface area contributed by atoms with Crippen LogP contribution >= 0.6 is 0 Å². The Labute approximate surface area is 227 Å². The number of aryl methyl sites for hydroxylation is 1. The summed E-state index contributed by atoms with van der Waals surface area (Å²) >= 11 is 0. The molecule has 2 aromatic heterocycles. The summed E-state index contributed by atoms with van der Waals surface area (Å²) in [5.41, 5.74) is 9.56. The monoisotopic (exact) mass is 501 g/mol. The van der Waals surface area contributed by atoms with E-state index in [9.17, 15) is 0 Å². The van der Waals surface area contributed by atoms with Crippen LogP contribution in [0, 0.1) is 0 Å². The highest BCUT2D eigenvalue weighted by molar-refractivity contribution is 6.09. The SMILES string of the molecule is CCCCc1ccc2c(c1)c1ccccc1n2-c1ccc2c(c1)-c1cccc[n+]1C(CC)(CC)C2(C)CC. The van der Waals surface area contributed by atoms with Crippen molar-refractivity contribution >= 4 is 21.8 Å². The largest absolute Gasteiger partial charge is 0.309 e. The van der Waals surface area contributed by atoms with Crippen LogP contribution in [-0.4, -0.2) is 4.57 Å². The smallest absolute Gasteiger partial charge is 0.213 e. The van der Waals surface area contributed by atoms with E-state index in [4.69, 9.17) is 0 Å². The molecule has 1 aliphatic rings. The van der Waals surface area contributed by atoms with Crippen LogP contribution in [0.2, 0.25) is 0 Å². The molecular weight excluding hydrogens is 460 g/mol. The normalized spacial score (nSPS) is 18.0. The lowest BCUT2D eigenvalue weighted by Gasteiger charge is -2.47. The summed E-state index contributed by atoms with van der Waals surface area (Å²) in [6.07, 6.45) is 9.27. The van der Waals surface area contributed by atoms with Crippen molar-refractivity contribution in [3.63, 3.8) is 0 Å². The summed E-state index contributed by atoms with van der Waals surface area (Å²) < 4.78 is 5.08. The highest BCUT2D eigenvalue weighted by atomic mass is 15.1. The number of para-hydroxylation sites is 1. The highest BCUT2D eigenvalue weighted by Crippen LogP contribution is 2.51. The Bertz CT molecular complexity index is 1630. The Morgan fingerprint density at radius 2 is 1.50 bits per heavy atom. The van der Waals surface area contributed by atoms with Gasteiger partial charge in [0, 0.05) is 41.4 Å². The van der Waals surface area contributed by atoms with Gasteiger partial charge in [-0.1, -0.05) is 64.4 Å². The molecule has 0 radical (unpaired) electrons. The Morgan fingerprint density at radius 3 is 2.26 bits per heavy atom. The van der Waals surface area contributed by atoms with E-state index in [0.717, 1.165) is 25.7 Å². The first-order valence-corrected chi connectivity index (χ1v) is 14.7. The van der Waals surface area contributed by atoms with E-state index in [1.165, 1.54) is 62.7 Å². The Kier molecular flexibility index (Phi) is 6.17. The van der Waals surface area contributed by atoms with Gasteiger partial charge in [0.2, 0.25) is 5.69 Å². The van der Waals surface area contributed by atoms with Crippen LogP contribution in [0.5, 0.6) is 0 Å². The van der Waals surface area contributed by atoms with E-state index in [1.54, 1.807) is 0 Å². The van der Waals surface area contributed by atoms with Crippen molar-refractivity contribution in [1.82, 2.24) is 4.57 Å². The number of hydrogen-bond acceptors (Lipinski definition) is 0. The number of aromatic nitrogens is 2. The number of pyridine rings is 1. The molecule has 3 heterocycles. The first-order valence-electron chi connectivity index (χ1n) is 14.7. The number of unbranched alkanes of at least 4 members (excludes halogenated alkanes) is 1. The molecule has 38 heavy (non-hydrogen) atoms. The zero-order chi connectivity index (χ0) is 26.5. The molecule has 0 bridgehead atoms. The summed E-state index contributed by atoms with van der Waals surface area (Å²) in [6.45, 7) is 11.9. The first-order chi connectivity index (χ1) is 18.5. The van der Waals surface area contributed by atoms with Crippen LogP contribution in [0.1, 0.15) is 77.8 Å². The Morgan fingerprint density at radius 1 is 0.737 bits per heavy atom. The average Bonchev–Trinajstić information content (AvgIpc) is 3.30. The molecule has 0 N–H and O–H groups in total. The quantitative estimate of drug-likeness (QED) is 0.196. The van der Waals surface area contributed by atoms with Crippen molar-refractivity contribution in [2.75, 3.05) is 0 Å². The van der Waals surface area contributed by atoms with Crippen LogP contribution in [0.15, 0.2) is 85.1 Å². The van der Waals surface area contributed by atoms with Crippen molar-refractivity contribution in [2.45, 2.75) is 84.1 Å². The molecule has 1 aliphatic heterocycles. The molecule has 0 saturated heterocycles. The summed E-state index contributed by atoms with van der Waals surface area (Å²) in [5.74, 6) is 0. The Balaban J connectivity index is 1.62. The number of nitrogens with zero attached hydrogens (tertiary/aromatic N) is 2. The zero-order valence-electron chi connectivity index (χ0n) is 23.7. The van der Waals surface area contributed by atoms with Crippen molar-refractivity contribution < 1.29 is 4.57 Å². The van der Waals surface area contributed by atoms with Gasteiger partial charge in [0.15, 0.2) is 11.7 Å². The van der Waals surface area contributed by atoms with E-state index in [-0.39, 0.29) is 11.0 Å². The fourth-order valence-corrected chi connectivity index (χ4v) is 7.64. The lowest BCUT2D eigenvalue weighted by atomic mass is 9.59. The van der Waals surface area contributed by atoms with E-state index in [2.05, 4.69) is 129 Å². The molecular formula is C36H41N2+. The van der Waals surface area contributed by atoms with Gasteiger partial charge in [-0.15, -0.1) is 0 Å². The molecule has 2 nitrogen and oxygen atoms in total. The number of benzene rings is 3. The van der Waals surface area contributed by atoms with E-state index in [1.807, 2.05) is 0 Å². The first kappa shape index (κ1) is 24.9. The third kappa shape index (κ3) is 3.35. The molecule has 0 fully saturated rings. The fourth-order valence-electron chi connectivity index (χ4n) is 7.64. The van der Waals surface area contributed by atoms with E-state index in [0.29, 0.717) is 0 Å². The number of rotatable bonds is 7. The zero-order valence-corrected chi connectivity index (χ0v) is 23.7. The summed E-state index contributed by atoms with van der Waals surface area (Å²) in [4.78, 5) is 0. The van der Waals surface area contributed by atoms with Gasteiger partial charge in [0.05, 0.1) is 22.0 Å². The van der Waals surface area contributed by atoms with Gasteiger partial charge in [-0.05, 0) is 73.7 Å². The topological polar surface area (TPSA) is 8.81 Å². The lowest BCUT2D eigenvalue weighted by molar-refractivity contribution is -0.769. The maximum atomic E-state index is 2.61. The van der Waals surface area contributed by atoms with Gasteiger partial charge >= 0.3 is 0 Å². The van der Waals surface area contributed by atoms with E-state index >= 15 is 0 Å². The van der Waals surface area contributed by atoms with Crippen LogP contribution in [0.25, 0.3) is 38.8 Å². The van der Waals surface area contributed by atoms with Crippen molar-refractivity contribution in [1.29, 1.82) is 0 Å². The van der Waals surface area contributed by atoms with Gasteiger partial charge in [-0.25, -0.2) is 0 Å². The highest BCUT2D eigenvalue weighted by Gasteiger charge is 2.58. The molecule has 3 aromatic carbocycles. The molecule has 1 unspecified atom stereocenters. The minimum absolute atomic E-state index is 0.0540. The van der Waals surface area contributed by atoms with Gasteiger partial charge in [0.1, 0.15) is 0 Å². The summed E-state index contributed by atoms with van der Waals surface area (Å²) in [7, 11) is 0. The van der Waals surface area contributed by atoms with Crippen molar-refractivity contribution in [3.05, 3.63) is 96.2 Å². The molecule has 0 aliphatic carbocycles. The van der Waals surface area contributed by atoms with E-state index < -0.39 is 0 Å². The average molecular weight is 502 g/mol. The van der Waals surface area contributed by atoms with Gasteiger partial charge in [-0.2, -0.15) is 4.57 Å².